The maximum Gasteiger partial charge on any atom is 0.0794 e. The van der Waals surface area contributed by atoms with Crippen LogP contribution in [0.4, 0.5) is 0 Å². The second-order valence-electron chi connectivity index (χ2n) is 4.08. The summed E-state index contributed by atoms with van der Waals surface area (Å²) in [6.07, 6.45) is 4.32. The summed E-state index contributed by atoms with van der Waals surface area (Å²) in [5.74, 6) is 6.11. The lowest BCUT2D eigenvalue weighted by Crippen LogP contribution is -2.42. The van der Waals surface area contributed by atoms with Gasteiger partial charge in [-0.1, -0.05) is 0 Å². The zero-order valence-corrected chi connectivity index (χ0v) is 9.67. The van der Waals surface area contributed by atoms with Crippen LogP contribution in [-0.2, 0) is 11.2 Å². The number of hydrogen-bond donors (Lipinski definition) is 2. The van der Waals surface area contributed by atoms with E-state index >= 15 is 0 Å². The van der Waals surface area contributed by atoms with Crippen LogP contribution in [0.5, 0.6) is 0 Å². The minimum absolute atomic E-state index is 0.301. The molecule has 1 aliphatic rings. The molecule has 1 aromatic heterocycles. The molecule has 0 aliphatic carbocycles. The van der Waals surface area contributed by atoms with Crippen LogP contribution in [0.3, 0.4) is 0 Å². The van der Waals surface area contributed by atoms with Gasteiger partial charge in [-0.3, -0.25) is 16.3 Å². The number of nitrogens with two attached hydrogens (primary N) is 1. The van der Waals surface area contributed by atoms with Gasteiger partial charge in [-0.25, -0.2) is 0 Å². The minimum atomic E-state index is 0.301. The molecule has 0 saturated carbocycles. The second kappa shape index (κ2) is 5.03. The highest BCUT2D eigenvalue weighted by molar-refractivity contribution is 7.09. The van der Waals surface area contributed by atoms with E-state index in [1.807, 2.05) is 11.7 Å². The summed E-state index contributed by atoms with van der Waals surface area (Å²) in [6, 6.07) is 0.301. The van der Waals surface area contributed by atoms with Gasteiger partial charge >= 0.3 is 0 Å². The van der Waals surface area contributed by atoms with Crippen molar-refractivity contribution in [3.05, 3.63) is 16.6 Å². The van der Waals surface area contributed by atoms with Crippen molar-refractivity contribution >= 4 is 11.3 Å². The van der Waals surface area contributed by atoms with Gasteiger partial charge in [0, 0.05) is 29.5 Å². The Hall–Kier alpha value is -0.490. The largest absolute Gasteiger partial charge is 0.378 e. The van der Waals surface area contributed by atoms with Gasteiger partial charge in [0.1, 0.15) is 0 Å². The molecule has 2 heterocycles. The molecular weight excluding hydrogens is 210 g/mol. The second-order valence-corrected chi connectivity index (χ2v) is 5.06. The van der Waals surface area contributed by atoms with E-state index < -0.39 is 0 Å². The number of nitrogens with zero attached hydrogens (tertiary/aromatic N) is 1. The van der Waals surface area contributed by atoms with Crippen molar-refractivity contribution in [1.29, 1.82) is 0 Å². The Kier molecular flexibility index (Phi) is 3.69. The Balaban J connectivity index is 1.92. The third kappa shape index (κ3) is 2.75. The molecule has 0 spiro atoms. The molecule has 84 valence electrons. The molecular formula is C10H17N3OS. The van der Waals surface area contributed by atoms with E-state index in [1.54, 1.807) is 11.3 Å². The predicted molar refractivity (Wildman–Crippen MR) is 60.5 cm³/mol. The molecule has 0 radical (unpaired) electrons. The van der Waals surface area contributed by atoms with Crippen LogP contribution in [0.15, 0.2) is 11.7 Å². The predicted octanol–water partition coefficient (Wildman–Crippen LogP) is 0.943. The first-order chi connectivity index (χ1) is 7.29. The molecule has 0 bridgehead atoms. The molecule has 1 aliphatic heterocycles. The Morgan fingerprint density at radius 1 is 1.80 bits per heavy atom. The van der Waals surface area contributed by atoms with Gasteiger partial charge in [-0.2, -0.15) is 0 Å². The molecule has 1 aromatic rings. The average molecular weight is 227 g/mol. The van der Waals surface area contributed by atoms with Crippen molar-refractivity contribution in [2.75, 3.05) is 6.61 Å². The molecule has 1 fully saturated rings. The van der Waals surface area contributed by atoms with Gasteiger partial charge in [0.25, 0.3) is 0 Å². The Morgan fingerprint density at radius 3 is 3.20 bits per heavy atom. The number of rotatable bonds is 4. The van der Waals surface area contributed by atoms with E-state index in [4.69, 9.17) is 10.6 Å². The first-order valence-electron chi connectivity index (χ1n) is 5.24. The van der Waals surface area contributed by atoms with Gasteiger partial charge in [-0.05, 0) is 13.3 Å². The van der Waals surface area contributed by atoms with Crippen molar-refractivity contribution in [3.8, 4) is 0 Å². The Bertz CT molecular complexity index is 291. The van der Waals surface area contributed by atoms with Crippen LogP contribution in [0.2, 0.25) is 0 Å². The summed E-state index contributed by atoms with van der Waals surface area (Å²) >= 11 is 1.68. The lowest BCUT2D eigenvalue weighted by atomic mass is 9.94. The molecule has 0 aromatic carbocycles. The quantitative estimate of drug-likeness (QED) is 0.594. The lowest BCUT2D eigenvalue weighted by molar-refractivity contribution is 0.117. The molecule has 3 unspecified atom stereocenters. The number of hydrogen-bond acceptors (Lipinski definition) is 5. The molecule has 3 atom stereocenters. The third-order valence-corrected chi connectivity index (χ3v) is 3.72. The molecule has 15 heavy (non-hydrogen) atoms. The SMILES string of the molecule is CC1CC(C(Cc2cncs2)NN)CO1. The summed E-state index contributed by atoms with van der Waals surface area (Å²) < 4.78 is 5.56. The van der Waals surface area contributed by atoms with Crippen LogP contribution >= 0.6 is 11.3 Å². The van der Waals surface area contributed by atoms with E-state index in [0.29, 0.717) is 18.1 Å². The van der Waals surface area contributed by atoms with E-state index in [0.717, 1.165) is 19.4 Å². The first kappa shape index (κ1) is 11.0. The molecule has 4 nitrogen and oxygen atoms in total. The highest BCUT2D eigenvalue weighted by Gasteiger charge is 2.29. The zero-order chi connectivity index (χ0) is 10.7. The summed E-state index contributed by atoms with van der Waals surface area (Å²) in [5.41, 5.74) is 4.76. The normalized spacial score (nSPS) is 28.1. The van der Waals surface area contributed by atoms with Crippen LogP contribution in [0.1, 0.15) is 18.2 Å². The summed E-state index contributed by atoms with van der Waals surface area (Å²) in [4.78, 5) is 5.35. The minimum Gasteiger partial charge on any atom is -0.378 e. The van der Waals surface area contributed by atoms with Gasteiger partial charge in [0.15, 0.2) is 0 Å². The fraction of sp³-hybridized carbons (Fsp3) is 0.700. The van der Waals surface area contributed by atoms with Crippen molar-refractivity contribution in [2.45, 2.75) is 31.9 Å². The highest BCUT2D eigenvalue weighted by Crippen LogP contribution is 2.24. The smallest absolute Gasteiger partial charge is 0.0794 e. The van der Waals surface area contributed by atoms with Crippen LogP contribution in [0.25, 0.3) is 0 Å². The summed E-state index contributed by atoms with van der Waals surface area (Å²) in [6.45, 7) is 2.93. The van der Waals surface area contributed by atoms with Crippen molar-refractivity contribution in [1.82, 2.24) is 10.4 Å². The third-order valence-electron chi connectivity index (χ3n) is 2.92. The van der Waals surface area contributed by atoms with Crippen molar-refractivity contribution in [3.63, 3.8) is 0 Å². The van der Waals surface area contributed by atoms with E-state index in [2.05, 4.69) is 17.3 Å². The van der Waals surface area contributed by atoms with E-state index in [-0.39, 0.29) is 0 Å². The van der Waals surface area contributed by atoms with Crippen molar-refractivity contribution < 1.29 is 4.74 Å². The molecule has 0 amide bonds. The van der Waals surface area contributed by atoms with E-state index in [9.17, 15) is 0 Å². The van der Waals surface area contributed by atoms with Crippen LogP contribution in [0, 0.1) is 5.92 Å². The number of thiazole rings is 1. The Morgan fingerprint density at radius 2 is 2.67 bits per heavy atom. The van der Waals surface area contributed by atoms with Gasteiger partial charge < -0.3 is 4.74 Å². The average Bonchev–Trinajstić information content (AvgIpc) is 2.85. The van der Waals surface area contributed by atoms with Gasteiger partial charge in [0.2, 0.25) is 0 Å². The standard InChI is InChI=1S/C10H17N3OS/c1-7-2-8(5-14-7)10(13-11)3-9-4-12-6-15-9/h4,6-8,10,13H,2-3,5,11H2,1H3. The molecule has 2 rings (SSSR count). The molecule has 1 saturated heterocycles. The van der Waals surface area contributed by atoms with Gasteiger partial charge in [0.05, 0.1) is 18.2 Å². The fourth-order valence-electron chi connectivity index (χ4n) is 2.05. The summed E-state index contributed by atoms with van der Waals surface area (Å²) in [5, 5.41) is 0. The topological polar surface area (TPSA) is 60.2 Å². The van der Waals surface area contributed by atoms with Crippen LogP contribution < -0.4 is 11.3 Å². The zero-order valence-electron chi connectivity index (χ0n) is 8.85. The molecule has 5 heteroatoms. The Labute approximate surface area is 93.8 Å². The molecule has 3 N–H and O–H groups in total. The van der Waals surface area contributed by atoms with Gasteiger partial charge in [-0.15, -0.1) is 11.3 Å². The van der Waals surface area contributed by atoms with Crippen molar-refractivity contribution in [2.24, 2.45) is 11.8 Å². The first-order valence-corrected chi connectivity index (χ1v) is 6.12. The highest BCUT2D eigenvalue weighted by atomic mass is 32.1. The number of aromatic nitrogens is 1. The van der Waals surface area contributed by atoms with E-state index in [1.165, 1.54) is 4.88 Å². The number of nitrogens with one attached hydrogen (secondary N) is 1. The monoisotopic (exact) mass is 227 g/mol. The summed E-state index contributed by atoms with van der Waals surface area (Å²) in [7, 11) is 0. The fourth-order valence-corrected chi connectivity index (χ4v) is 2.71. The number of ether oxygens (including phenoxy) is 1. The van der Waals surface area contributed by atoms with Crippen LogP contribution in [-0.4, -0.2) is 23.7 Å². The maximum atomic E-state index is 5.59. The lowest BCUT2D eigenvalue weighted by Gasteiger charge is -2.20. The number of hydrazine groups is 1. The maximum absolute atomic E-state index is 5.59.